The molecule has 3 atom stereocenters. The van der Waals surface area contributed by atoms with Gasteiger partial charge in [-0.1, -0.05) is 0 Å². The number of benzene rings is 1. The van der Waals surface area contributed by atoms with Gasteiger partial charge in [0.2, 0.25) is 0 Å². The van der Waals surface area contributed by atoms with Crippen LogP contribution in [-0.2, 0) is 6.54 Å². The van der Waals surface area contributed by atoms with Gasteiger partial charge in [-0.3, -0.25) is 9.47 Å². The lowest BCUT2D eigenvalue weighted by atomic mass is 10.1. The number of hydrogen-bond donors (Lipinski definition) is 2. The van der Waals surface area contributed by atoms with Gasteiger partial charge in [0, 0.05) is 37.4 Å². The SMILES string of the molecule is Nc1ccn(-c2cc(F)c(CN3C[C@@H]4C(N)[C@@H]4C3)c(F)c2)c(=O)n1. The maximum atomic E-state index is 14.4. The number of halogens is 2. The molecule has 0 bridgehead atoms. The van der Waals surface area contributed by atoms with Crippen LogP contribution < -0.4 is 17.2 Å². The minimum atomic E-state index is -0.685. The average Bonchev–Trinajstić information content (AvgIpc) is 2.94. The van der Waals surface area contributed by atoms with E-state index in [2.05, 4.69) is 4.98 Å². The van der Waals surface area contributed by atoms with Gasteiger partial charge in [0.05, 0.1) is 5.69 Å². The minimum Gasteiger partial charge on any atom is -0.383 e. The fourth-order valence-electron chi connectivity index (χ4n) is 3.50. The normalized spacial score (nSPS) is 25.7. The van der Waals surface area contributed by atoms with Crippen molar-refractivity contribution in [3.63, 3.8) is 0 Å². The maximum absolute atomic E-state index is 14.4. The van der Waals surface area contributed by atoms with Gasteiger partial charge in [-0.2, -0.15) is 4.98 Å². The summed E-state index contributed by atoms with van der Waals surface area (Å²) in [5.41, 5.74) is 10.7. The van der Waals surface area contributed by atoms with Crippen LogP contribution in [0.3, 0.4) is 0 Å². The van der Waals surface area contributed by atoms with Crippen LogP contribution in [0.25, 0.3) is 5.69 Å². The van der Waals surface area contributed by atoms with E-state index in [1.54, 1.807) is 0 Å². The highest BCUT2D eigenvalue weighted by atomic mass is 19.1. The van der Waals surface area contributed by atoms with Crippen LogP contribution in [0.5, 0.6) is 0 Å². The number of anilines is 1. The van der Waals surface area contributed by atoms with Gasteiger partial charge in [-0.15, -0.1) is 0 Å². The fourth-order valence-corrected chi connectivity index (χ4v) is 3.50. The molecule has 2 fully saturated rings. The Kier molecular flexibility index (Phi) is 3.40. The van der Waals surface area contributed by atoms with Crippen LogP contribution in [0.15, 0.2) is 29.2 Å². The summed E-state index contributed by atoms with van der Waals surface area (Å²) >= 11 is 0. The summed E-state index contributed by atoms with van der Waals surface area (Å²) in [4.78, 5) is 17.4. The molecule has 1 aliphatic carbocycles. The third-order valence-electron chi connectivity index (χ3n) is 4.95. The molecular formula is C16H17F2N5O. The molecule has 126 valence electrons. The molecule has 0 spiro atoms. The quantitative estimate of drug-likeness (QED) is 0.853. The van der Waals surface area contributed by atoms with E-state index in [1.807, 2.05) is 4.90 Å². The predicted octanol–water partition coefficient (Wildman–Crippen LogP) is 0.482. The van der Waals surface area contributed by atoms with Crippen LogP contribution in [0, 0.1) is 23.5 Å². The Balaban J connectivity index is 1.60. The largest absolute Gasteiger partial charge is 0.383 e. The van der Waals surface area contributed by atoms with Gasteiger partial charge in [-0.05, 0) is 30.0 Å². The molecule has 0 amide bonds. The van der Waals surface area contributed by atoms with Crippen LogP contribution in [-0.4, -0.2) is 33.6 Å². The molecule has 1 saturated carbocycles. The van der Waals surface area contributed by atoms with Gasteiger partial charge in [0.15, 0.2) is 0 Å². The number of rotatable bonds is 3. The van der Waals surface area contributed by atoms with E-state index in [1.165, 1.54) is 12.3 Å². The Bertz CT molecular complexity index is 833. The first-order chi connectivity index (χ1) is 11.4. The lowest BCUT2D eigenvalue weighted by Crippen LogP contribution is -2.28. The molecule has 2 heterocycles. The average molecular weight is 333 g/mol. The first-order valence-electron chi connectivity index (χ1n) is 7.75. The fraction of sp³-hybridized carbons (Fsp3) is 0.375. The highest BCUT2D eigenvalue weighted by Crippen LogP contribution is 2.44. The predicted molar refractivity (Wildman–Crippen MR) is 84.4 cm³/mol. The van der Waals surface area contributed by atoms with Crippen molar-refractivity contribution in [2.75, 3.05) is 18.8 Å². The Morgan fingerprint density at radius 1 is 1.21 bits per heavy atom. The topological polar surface area (TPSA) is 90.2 Å². The molecular weight excluding hydrogens is 316 g/mol. The number of nitrogen functional groups attached to an aromatic ring is 1. The Morgan fingerprint density at radius 3 is 2.42 bits per heavy atom. The number of hydrogen-bond acceptors (Lipinski definition) is 5. The van der Waals surface area contributed by atoms with E-state index >= 15 is 0 Å². The van der Waals surface area contributed by atoms with E-state index in [4.69, 9.17) is 11.5 Å². The van der Waals surface area contributed by atoms with Crippen LogP contribution >= 0.6 is 0 Å². The van der Waals surface area contributed by atoms with Crippen molar-refractivity contribution in [2.45, 2.75) is 12.6 Å². The summed E-state index contributed by atoms with van der Waals surface area (Å²) in [6.45, 7) is 1.74. The highest BCUT2D eigenvalue weighted by molar-refractivity contribution is 5.38. The van der Waals surface area contributed by atoms with Gasteiger partial charge in [-0.25, -0.2) is 13.6 Å². The lowest BCUT2D eigenvalue weighted by molar-refractivity contribution is 0.281. The monoisotopic (exact) mass is 333 g/mol. The standard InChI is InChI=1S/C16H17F2N5O/c17-12-3-8(23-2-1-14(19)21-16(23)24)4-13(18)11(12)7-22-5-9-10(6-22)15(9)20/h1-4,9-10,15H,5-7,20H2,(H2,19,21,24)/t9-,10+,15?. The van der Waals surface area contributed by atoms with Crippen LogP contribution in [0.1, 0.15) is 5.56 Å². The second-order valence-corrected chi connectivity index (χ2v) is 6.49. The first-order valence-corrected chi connectivity index (χ1v) is 7.75. The van der Waals surface area contributed by atoms with E-state index < -0.39 is 17.3 Å². The second kappa shape index (κ2) is 5.35. The van der Waals surface area contributed by atoms with Gasteiger partial charge < -0.3 is 11.5 Å². The molecule has 1 saturated heterocycles. The summed E-state index contributed by atoms with van der Waals surface area (Å²) in [5, 5.41) is 0. The Labute approximate surface area is 136 Å². The molecule has 1 unspecified atom stereocenters. The summed E-state index contributed by atoms with van der Waals surface area (Å²) in [6.07, 6.45) is 1.34. The molecule has 1 aromatic heterocycles. The smallest absolute Gasteiger partial charge is 0.354 e. The molecule has 6 nitrogen and oxygen atoms in total. The number of likely N-dealkylation sites (tertiary alicyclic amines) is 1. The molecule has 4 rings (SSSR count). The van der Waals surface area contributed by atoms with Crippen molar-refractivity contribution in [3.05, 3.63) is 52.1 Å². The first kappa shape index (κ1) is 15.2. The number of aromatic nitrogens is 2. The van der Waals surface area contributed by atoms with Crippen molar-refractivity contribution in [3.8, 4) is 5.69 Å². The summed E-state index contributed by atoms with van der Waals surface area (Å²) in [5.74, 6) is -0.401. The number of nitrogens with zero attached hydrogens (tertiary/aromatic N) is 3. The van der Waals surface area contributed by atoms with Crippen molar-refractivity contribution in [1.29, 1.82) is 0 Å². The zero-order valence-electron chi connectivity index (χ0n) is 12.8. The number of nitrogens with two attached hydrogens (primary N) is 2. The molecule has 8 heteroatoms. The highest BCUT2D eigenvalue weighted by Gasteiger charge is 2.53. The second-order valence-electron chi connectivity index (χ2n) is 6.49. The molecule has 2 aromatic rings. The zero-order valence-corrected chi connectivity index (χ0v) is 12.8. The minimum absolute atomic E-state index is 0.00470. The Hall–Kier alpha value is -2.32. The van der Waals surface area contributed by atoms with Crippen molar-refractivity contribution >= 4 is 5.82 Å². The van der Waals surface area contributed by atoms with E-state index in [0.29, 0.717) is 11.8 Å². The van der Waals surface area contributed by atoms with Gasteiger partial charge in [0.25, 0.3) is 0 Å². The Morgan fingerprint density at radius 2 is 1.83 bits per heavy atom. The molecule has 4 N–H and O–H groups in total. The van der Waals surface area contributed by atoms with Crippen molar-refractivity contribution < 1.29 is 8.78 Å². The van der Waals surface area contributed by atoms with E-state index in [0.717, 1.165) is 29.8 Å². The summed E-state index contributed by atoms with van der Waals surface area (Å²) < 4.78 is 29.8. The van der Waals surface area contributed by atoms with Crippen LogP contribution in [0.4, 0.5) is 14.6 Å². The molecule has 0 radical (unpaired) electrons. The molecule has 1 aliphatic heterocycles. The van der Waals surface area contributed by atoms with E-state index in [9.17, 15) is 13.6 Å². The summed E-state index contributed by atoms with van der Waals surface area (Å²) in [7, 11) is 0. The zero-order chi connectivity index (χ0) is 17.0. The molecule has 2 aliphatic rings. The van der Waals surface area contributed by atoms with Crippen molar-refractivity contribution in [1.82, 2.24) is 14.5 Å². The third-order valence-corrected chi connectivity index (χ3v) is 4.95. The third kappa shape index (κ3) is 2.47. The number of fused-ring (bicyclic) bond motifs is 1. The molecule has 24 heavy (non-hydrogen) atoms. The van der Waals surface area contributed by atoms with Gasteiger partial charge >= 0.3 is 5.69 Å². The summed E-state index contributed by atoms with van der Waals surface area (Å²) in [6, 6.07) is 3.91. The van der Waals surface area contributed by atoms with Gasteiger partial charge in [0.1, 0.15) is 17.5 Å². The lowest BCUT2D eigenvalue weighted by Gasteiger charge is -2.19. The van der Waals surface area contributed by atoms with E-state index in [-0.39, 0.29) is 29.7 Å². The van der Waals surface area contributed by atoms with Crippen molar-refractivity contribution in [2.24, 2.45) is 17.6 Å². The number of piperidine rings is 1. The molecule has 1 aromatic carbocycles. The maximum Gasteiger partial charge on any atom is 0.354 e. The van der Waals surface area contributed by atoms with Crippen LogP contribution in [0.2, 0.25) is 0 Å².